The number of benzene rings is 3. The van der Waals surface area contributed by atoms with Gasteiger partial charge in [0.2, 0.25) is 5.91 Å². The number of fused-ring (bicyclic) bond motifs is 1. The maximum atomic E-state index is 12.8. The summed E-state index contributed by atoms with van der Waals surface area (Å²) >= 11 is -2.56. The zero-order valence-corrected chi connectivity index (χ0v) is 23.3. The molecular weight excluding hydrogens is 548 g/mol. The fourth-order valence-electron chi connectivity index (χ4n) is 4.59. The van der Waals surface area contributed by atoms with Crippen LogP contribution in [0.15, 0.2) is 66.7 Å². The van der Waals surface area contributed by atoms with Crippen molar-refractivity contribution in [1.29, 1.82) is 0 Å². The summed E-state index contributed by atoms with van der Waals surface area (Å²) in [6.07, 6.45) is 0.203. The van der Waals surface area contributed by atoms with Crippen molar-refractivity contribution < 1.29 is 28.1 Å². The number of ether oxygens (including phenoxy) is 2. The van der Waals surface area contributed by atoms with Crippen LogP contribution in [0.2, 0.25) is 0 Å². The Hall–Kier alpha value is -4.30. The predicted molar refractivity (Wildman–Crippen MR) is 157 cm³/mol. The van der Waals surface area contributed by atoms with E-state index in [4.69, 9.17) is 14.5 Å². The first kappa shape index (κ1) is 28.2. The summed E-state index contributed by atoms with van der Waals surface area (Å²) in [6.45, 7) is 1.22. The average molecular weight is 579 g/mol. The molecule has 0 aliphatic carbocycles. The fraction of sp³-hybridized carbons (Fsp3) is 0.250. The molecule has 1 aromatic heterocycles. The largest absolute Gasteiger partial charge is 0.497 e. The first-order valence-corrected chi connectivity index (χ1v) is 13.9. The van der Waals surface area contributed by atoms with Gasteiger partial charge in [-0.05, 0) is 36.8 Å². The molecule has 1 aliphatic heterocycles. The van der Waals surface area contributed by atoms with Crippen LogP contribution < -0.4 is 24.4 Å². The van der Waals surface area contributed by atoms with Gasteiger partial charge in [0.1, 0.15) is 11.5 Å². The monoisotopic (exact) mass is 578 g/mol. The molecule has 1 unspecified atom stereocenters. The Morgan fingerprint density at radius 2 is 1.73 bits per heavy atom. The van der Waals surface area contributed by atoms with Gasteiger partial charge in [0.15, 0.2) is 11.6 Å². The zero-order valence-electron chi connectivity index (χ0n) is 22.5. The summed E-state index contributed by atoms with van der Waals surface area (Å²) in [5, 5.41) is 15.8. The van der Waals surface area contributed by atoms with E-state index in [9.17, 15) is 18.7 Å². The van der Waals surface area contributed by atoms with Crippen LogP contribution in [0, 0.1) is 0 Å². The Bertz CT molecular complexity index is 1570. The second-order valence-corrected chi connectivity index (χ2v) is 10.2. The van der Waals surface area contributed by atoms with Gasteiger partial charge >= 0.3 is 0 Å². The number of aliphatic hydroxyl groups is 1. The zero-order chi connectivity index (χ0) is 28.9. The number of aliphatic hydroxyl groups excluding tert-OH is 1. The first-order valence-electron chi connectivity index (χ1n) is 12.8. The van der Waals surface area contributed by atoms with Gasteiger partial charge in [0, 0.05) is 42.7 Å². The highest BCUT2D eigenvalue weighted by Crippen LogP contribution is 2.36. The van der Waals surface area contributed by atoms with E-state index in [1.54, 1.807) is 60.7 Å². The molecule has 2 heterocycles. The maximum absolute atomic E-state index is 12.8. The number of likely N-dealkylation sites (tertiary alicyclic amines) is 1. The normalized spacial score (nSPS) is 15.9. The minimum Gasteiger partial charge on any atom is -0.497 e. The van der Waals surface area contributed by atoms with E-state index >= 15 is 0 Å². The molecule has 41 heavy (non-hydrogen) atoms. The summed E-state index contributed by atoms with van der Waals surface area (Å²) in [5.74, 6) is 1.12. The standard InChI is InChI=1S/C28H30N6O6S/c1-39-22-13-19(14-23(15-22)40-2)30-27-28(32-25-9-4-3-8-24(25)31-27)34(41(37)38)20-7-5-6-18(12-20)29-26(36)17-33-11-10-21(35)16-33/h3-9,12-15,21,35H,10-11,16-17H2,1-2H3,(H,29,36)(H,30,31)(H,37,38)/t21-/m0/s1. The van der Waals surface area contributed by atoms with E-state index in [0.29, 0.717) is 59.1 Å². The van der Waals surface area contributed by atoms with Crippen LogP contribution in [-0.2, 0) is 16.1 Å². The number of aromatic nitrogens is 2. The van der Waals surface area contributed by atoms with Crippen molar-refractivity contribution in [1.82, 2.24) is 14.9 Å². The molecule has 0 bridgehead atoms. The number of rotatable bonds is 10. The molecule has 1 saturated heterocycles. The average Bonchev–Trinajstić information content (AvgIpc) is 3.37. The van der Waals surface area contributed by atoms with E-state index in [2.05, 4.69) is 15.6 Å². The second-order valence-electron chi connectivity index (χ2n) is 9.41. The number of hydrogen-bond donors (Lipinski definition) is 4. The van der Waals surface area contributed by atoms with E-state index < -0.39 is 17.4 Å². The number of hydrogen-bond acceptors (Lipinski definition) is 9. The second kappa shape index (κ2) is 12.5. The van der Waals surface area contributed by atoms with Crippen molar-refractivity contribution in [2.45, 2.75) is 12.5 Å². The van der Waals surface area contributed by atoms with Gasteiger partial charge in [0.25, 0.3) is 11.3 Å². The summed E-state index contributed by atoms with van der Waals surface area (Å²) in [6, 6.07) is 18.9. The maximum Gasteiger partial charge on any atom is 0.268 e. The van der Waals surface area contributed by atoms with Gasteiger partial charge in [-0.25, -0.2) is 18.5 Å². The Morgan fingerprint density at radius 1 is 1.02 bits per heavy atom. The van der Waals surface area contributed by atoms with Crippen molar-refractivity contribution in [2.75, 3.05) is 48.8 Å². The number of nitrogens with one attached hydrogen (secondary N) is 2. The summed E-state index contributed by atoms with van der Waals surface area (Å²) in [5.41, 5.74) is 2.39. The number of nitrogens with zero attached hydrogens (tertiary/aromatic N) is 4. The topological polar surface area (TPSA) is 149 Å². The molecule has 1 aliphatic rings. The van der Waals surface area contributed by atoms with Gasteiger partial charge < -0.3 is 25.2 Å². The van der Waals surface area contributed by atoms with Crippen molar-refractivity contribution in [2.24, 2.45) is 0 Å². The third-order valence-corrected chi connectivity index (χ3v) is 7.19. The molecule has 1 fully saturated rings. The van der Waals surface area contributed by atoms with Crippen molar-refractivity contribution in [3.8, 4) is 11.5 Å². The predicted octanol–water partition coefficient (Wildman–Crippen LogP) is 3.67. The van der Waals surface area contributed by atoms with Crippen LogP contribution in [0.1, 0.15) is 6.42 Å². The lowest BCUT2D eigenvalue weighted by molar-refractivity contribution is -0.117. The van der Waals surface area contributed by atoms with Crippen LogP contribution in [0.25, 0.3) is 11.0 Å². The quantitative estimate of drug-likeness (QED) is 0.205. The highest BCUT2D eigenvalue weighted by Gasteiger charge is 2.25. The summed E-state index contributed by atoms with van der Waals surface area (Å²) < 4.78 is 35.2. The Balaban J connectivity index is 1.51. The minimum atomic E-state index is -2.56. The minimum absolute atomic E-state index is 0.0841. The van der Waals surface area contributed by atoms with Crippen molar-refractivity contribution >= 4 is 56.9 Å². The molecule has 214 valence electrons. The van der Waals surface area contributed by atoms with Gasteiger partial charge in [-0.15, -0.1) is 0 Å². The number of β-amino-alcohol motifs (C(OH)–C–C–N with tert-alkyl or cyclic N) is 1. The van der Waals surface area contributed by atoms with Crippen molar-refractivity contribution in [3.63, 3.8) is 0 Å². The smallest absolute Gasteiger partial charge is 0.268 e. The van der Waals surface area contributed by atoms with Crippen LogP contribution in [0.5, 0.6) is 11.5 Å². The number of anilines is 5. The molecule has 4 aromatic rings. The summed E-state index contributed by atoms with van der Waals surface area (Å²) in [7, 11) is 3.08. The molecular formula is C28H30N6O6S. The Morgan fingerprint density at radius 3 is 2.37 bits per heavy atom. The van der Waals surface area contributed by atoms with E-state index in [1.807, 2.05) is 11.0 Å². The van der Waals surface area contributed by atoms with Crippen LogP contribution in [-0.4, -0.2) is 74.6 Å². The molecule has 4 N–H and O–H groups in total. The molecule has 3 aromatic carbocycles. The third-order valence-electron chi connectivity index (χ3n) is 6.49. The van der Waals surface area contributed by atoms with E-state index in [1.165, 1.54) is 14.2 Å². The van der Waals surface area contributed by atoms with Crippen LogP contribution in [0.3, 0.4) is 0 Å². The summed E-state index contributed by atoms with van der Waals surface area (Å²) in [4.78, 5) is 23.9. The lowest BCUT2D eigenvalue weighted by Crippen LogP contribution is -2.32. The highest BCUT2D eigenvalue weighted by atomic mass is 32.2. The SMILES string of the molecule is COc1cc(Nc2nc3ccccc3nc2N(c2cccc(NC(=O)CN3CC[C@H](O)C3)c2)S(=O)O)cc(OC)c1. The Kier molecular flexibility index (Phi) is 8.59. The molecule has 0 spiro atoms. The molecule has 12 nitrogen and oxygen atoms in total. The Labute approximate surface area is 239 Å². The first-order chi connectivity index (χ1) is 19.8. The van der Waals surface area contributed by atoms with E-state index in [-0.39, 0.29) is 24.1 Å². The van der Waals surface area contributed by atoms with Gasteiger partial charge in [-0.1, -0.05) is 18.2 Å². The fourth-order valence-corrected chi connectivity index (χ4v) is 5.16. The van der Waals surface area contributed by atoms with Crippen LogP contribution >= 0.6 is 0 Å². The molecule has 0 radical (unpaired) electrons. The van der Waals surface area contributed by atoms with Gasteiger partial charge in [0.05, 0.1) is 43.6 Å². The molecule has 1 amide bonds. The highest BCUT2D eigenvalue weighted by molar-refractivity contribution is 7.81. The lowest BCUT2D eigenvalue weighted by atomic mass is 10.2. The van der Waals surface area contributed by atoms with E-state index in [0.717, 1.165) is 4.31 Å². The number of amides is 1. The third kappa shape index (κ3) is 6.72. The van der Waals surface area contributed by atoms with Crippen molar-refractivity contribution in [3.05, 3.63) is 66.7 Å². The number of carbonyl (C=O) groups excluding carboxylic acids is 1. The number of para-hydroxylation sites is 2. The molecule has 13 heteroatoms. The molecule has 0 saturated carbocycles. The van der Waals surface area contributed by atoms with Gasteiger partial charge in [-0.2, -0.15) is 0 Å². The number of methoxy groups -OCH3 is 2. The molecule has 2 atom stereocenters. The van der Waals surface area contributed by atoms with Crippen LogP contribution in [0.4, 0.5) is 28.7 Å². The molecule has 5 rings (SSSR count). The lowest BCUT2D eigenvalue weighted by Gasteiger charge is -2.23. The van der Waals surface area contributed by atoms with Gasteiger partial charge in [-0.3, -0.25) is 14.2 Å². The number of carbonyl (C=O) groups is 1.